The minimum atomic E-state index is 1.02. The number of hydrogen-bond donors (Lipinski definition) is 0. The molecule has 0 bridgehead atoms. The Morgan fingerprint density at radius 2 is 2.56 bits per heavy atom. The molecule has 1 aliphatic rings. The van der Waals surface area contributed by atoms with Crippen LogP contribution in [0.2, 0.25) is 0 Å². The number of nitrogens with zero attached hydrogens (tertiary/aromatic N) is 2. The number of hydrogen-bond acceptors (Lipinski definition) is 2. The summed E-state index contributed by atoms with van der Waals surface area (Å²) in [6, 6.07) is 0. The standard InChI is InChI=1S/C7H14N2/c1-2-9-6-3-4-8-5-7-9/h5H,2-4,6-7H2,1H3. The number of rotatable bonds is 1. The summed E-state index contributed by atoms with van der Waals surface area (Å²) in [4.78, 5) is 6.60. The summed E-state index contributed by atoms with van der Waals surface area (Å²) in [6.45, 7) is 6.65. The zero-order valence-corrected chi connectivity index (χ0v) is 6.01. The molecule has 0 saturated carbocycles. The first kappa shape index (κ1) is 6.75. The Hall–Kier alpha value is -0.370. The highest BCUT2D eigenvalue weighted by molar-refractivity contribution is 5.59. The highest BCUT2D eigenvalue weighted by Gasteiger charge is 2.00. The Balaban J connectivity index is 2.29. The van der Waals surface area contributed by atoms with Gasteiger partial charge in [-0.05, 0) is 13.0 Å². The van der Waals surface area contributed by atoms with Gasteiger partial charge in [0.2, 0.25) is 0 Å². The van der Waals surface area contributed by atoms with Crippen LogP contribution in [0.4, 0.5) is 0 Å². The maximum atomic E-state index is 4.20. The van der Waals surface area contributed by atoms with Crippen molar-refractivity contribution >= 4 is 6.21 Å². The fourth-order valence-corrected chi connectivity index (χ4v) is 1.03. The van der Waals surface area contributed by atoms with Crippen molar-refractivity contribution in [3.63, 3.8) is 0 Å². The SMILES string of the molecule is CCN1CC=NCCC1. The second-order valence-electron chi connectivity index (χ2n) is 2.34. The molecule has 0 atom stereocenters. The van der Waals surface area contributed by atoms with Crippen LogP contribution in [-0.2, 0) is 0 Å². The maximum Gasteiger partial charge on any atom is 0.0398 e. The highest BCUT2D eigenvalue weighted by Crippen LogP contribution is 1.93. The molecule has 9 heavy (non-hydrogen) atoms. The molecule has 0 aromatic rings. The normalized spacial score (nSPS) is 21.9. The van der Waals surface area contributed by atoms with Gasteiger partial charge in [-0.25, -0.2) is 0 Å². The van der Waals surface area contributed by atoms with E-state index in [0.29, 0.717) is 0 Å². The van der Waals surface area contributed by atoms with Gasteiger partial charge in [-0.2, -0.15) is 0 Å². The van der Waals surface area contributed by atoms with Crippen molar-refractivity contribution in [1.82, 2.24) is 4.90 Å². The summed E-state index contributed by atoms with van der Waals surface area (Å²) < 4.78 is 0. The average Bonchev–Trinajstić information content (AvgIpc) is 2.13. The summed E-state index contributed by atoms with van der Waals surface area (Å²) in [5, 5.41) is 0. The monoisotopic (exact) mass is 126 g/mol. The molecule has 52 valence electrons. The minimum Gasteiger partial charge on any atom is -0.298 e. The van der Waals surface area contributed by atoms with Gasteiger partial charge in [-0.1, -0.05) is 6.92 Å². The minimum absolute atomic E-state index is 1.02. The quantitative estimate of drug-likeness (QED) is 0.507. The van der Waals surface area contributed by atoms with Gasteiger partial charge in [-0.15, -0.1) is 0 Å². The van der Waals surface area contributed by atoms with Gasteiger partial charge in [0.25, 0.3) is 0 Å². The molecule has 0 unspecified atom stereocenters. The lowest BCUT2D eigenvalue weighted by molar-refractivity contribution is 0.334. The first-order valence-electron chi connectivity index (χ1n) is 3.64. The van der Waals surface area contributed by atoms with E-state index in [-0.39, 0.29) is 0 Å². The van der Waals surface area contributed by atoms with Crippen LogP contribution in [0.15, 0.2) is 4.99 Å². The first-order valence-corrected chi connectivity index (χ1v) is 3.64. The zero-order chi connectivity index (χ0) is 6.53. The van der Waals surface area contributed by atoms with Crippen molar-refractivity contribution in [2.24, 2.45) is 4.99 Å². The molecule has 2 nitrogen and oxygen atoms in total. The predicted octanol–water partition coefficient (Wildman–Crippen LogP) is 0.783. The topological polar surface area (TPSA) is 15.6 Å². The molecule has 0 saturated heterocycles. The Morgan fingerprint density at radius 1 is 1.67 bits per heavy atom. The highest BCUT2D eigenvalue weighted by atomic mass is 15.1. The summed E-state index contributed by atoms with van der Waals surface area (Å²) in [7, 11) is 0. The van der Waals surface area contributed by atoms with Crippen molar-refractivity contribution in [3.8, 4) is 0 Å². The number of aliphatic imine (C=N–C) groups is 1. The van der Waals surface area contributed by atoms with Crippen molar-refractivity contribution in [3.05, 3.63) is 0 Å². The summed E-state index contributed by atoms with van der Waals surface area (Å²) >= 11 is 0. The molecule has 0 spiro atoms. The Bertz CT molecular complexity index is 99.1. The molecule has 0 fully saturated rings. The Labute approximate surface area is 56.6 Å². The van der Waals surface area contributed by atoms with Crippen LogP contribution < -0.4 is 0 Å². The molecule has 0 aromatic carbocycles. The van der Waals surface area contributed by atoms with E-state index in [2.05, 4.69) is 16.8 Å². The van der Waals surface area contributed by atoms with Crippen LogP contribution in [0.3, 0.4) is 0 Å². The van der Waals surface area contributed by atoms with E-state index in [4.69, 9.17) is 0 Å². The molecule has 0 N–H and O–H groups in total. The molecule has 1 heterocycles. The maximum absolute atomic E-state index is 4.20. The lowest BCUT2D eigenvalue weighted by Crippen LogP contribution is -2.25. The van der Waals surface area contributed by atoms with Gasteiger partial charge in [0.1, 0.15) is 0 Å². The van der Waals surface area contributed by atoms with E-state index in [1.165, 1.54) is 13.0 Å². The summed E-state index contributed by atoms with van der Waals surface area (Å²) in [5.41, 5.74) is 0. The predicted molar refractivity (Wildman–Crippen MR) is 40.1 cm³/mol. The van der Waals surface area contributed by atoms with Gasteiger partial charge in [0.15, 0.2) is 0 Å². The largest absolute Gasteiger partial charge is 0.298 e. The lowest BCUT2D eigenvalue weighted by Gasteiger charge is -2.14. The van der Waals surface area contributed by atoms with E-state index >= 15 is 0 Å². The van der Waals surface area contributed by atoms with Crippen molar-refractivity contribution in [2.75, 3.05) is 26.2 Å². The second-order valence-corrected chi connectivity index (χ2v) is 2.34. The second kappa shape index (κ2) is 3.62. The average molecular weight is 126 g/mol. The fourth-order valence-electron chi connectivity index (χ4n) is 1.03. The molecule has 0 aliphatic carbocycles. The molecule has 1 rings (SSSR count). The van der Waals surface area contributed by atoms with Gasteiger partial charge in [0, 0.05) is 25.8 Å². The molecule has 2 heteroatoms. The van der Waals surface area contributed by atoms with E-state index in [9.17, 15) is 0 Å². The molecular formula is C7H14N2. The molecule has 1 aliphatic heterocycles. The molecular weight excluding hydrogens is 112 g/mol. The smallest absolute Gasteiger partial charge is 0.0398 e. The fraction of sp³-hybridized carbons (Fsp3) is 0.857. The van der Waals surface area contributed by atoms with E-state index < -0.39 is 0 Å². The van der Waals surface area contributed by atoms with Crippen LogP contribution in [0.25, 0.3) is 0 Å². The van der Waals surface area contributed by atoms with Crippen LogP contribution in [-0.4, -0.2) is 37.3 Å². The third-order valence-electron chi connectivity index (χ3n) is 1.68. The Kier molecular flexibility index (Phi) is 2.71. The lowest BCUT2D eigenvalue weighted by atomic mass is 10.4. The van der Waals surface area contributed by atoms with Gasteiger partial charge in [-0.3, -0.25) is 9.89 Å². The van der Waals surface area contributed by atoms with Crippen molar-refractivity contribution in [1.29, 1.82) is 0 Å². The van der Waals surface area contributed by atoms with Gasteiger partial charge < -0.3 is 0 Å². The van der Waals surface area contributed by atoms with E-state index in [0.717, 1.165) is 19.6 Å². The van der Waals surface area contributed by atoms with E-state index in [1.54, 1.807) is 0 Å². The van der Waals surface area contributed by atoms with Crippen LogP contribution in [0.1, 0.15) is 13.3 Å². The summed E-state index contributed by atoms with van der Waals surface area (Å²) in [5.74, 6) is 0. The molecule has 0 radical (unpaired) electrons. The van der Waals surface area contributed by atoms with Crippen molar-refractivity contribution < 1.29 is 0 Å². The molecule has 0 aromatic heterocycles. The summed E-state index contributed by atoms with van der Waals surface area (Å²) in [6.07, 6.45) is 3.25. The van der Waals surface area contributed by atoms with Crippen LogP contribution in [0.5, 0.6) is 0 Å². The third kappa shape index (κ3) is 2.14. The molecule has 0 amide bonds. The zero-order valence-electron chi connectivity index (χ0n) is 6.01. The van der Waals surface area contributed by atoms with E-state index in [1.807, 2.05) is 6.21 Å². The third-order valence-corrected chi connectivity index (χ3v) is 1.68. The van der Waals surface area contributed by atoms with Gasteiger partial charge >= 0.3 is 0 Å². The Morgan fingerprint density at radius 3 is 3.33 bits per heavy atom. The van der Waals surface area contributed by atoms with Crippen molar-refractivity contribution in [2.45, 2.75) is 13.3 Å². The van der Waals surface area contributed by atoms with Crippen LogP contribution in [0, 0.1) is 0 Å². The van der Waals surface area contributed by atoms with Crippen LogP contribution >= 0.6 is 0 Å². The van der Waals surface area contributed by atoms with Gasteiger partial charge in [0.05, 0.1) is 0 Å². The first-order chi connectivity index (χ1) is 4.43.